The molecule has 1 amide bonds. The van der Waals surface area contributed by atoms with E-state index in [9.17, 15) is 4.79 Å². The number of rotatable bonds is 2. The molecule has 0 radical (unpaired) electrons. The molecule has 4 nitrogen and oxygen atoms in total. The Morgan fingerprint density at radius 3 is 2.84 bits per heavy atom. The Kier molecular flexibility index (Phi) is 4.07. The molecule has 0 aliphatic rings. The van der Waals surface area contributed by atoms with E-state index >= 15 is 0 Å². The van der Waals surface area contributed by atoms with E-state index in [1.807, 2.05) is 0 Å². The summed E-state index contributed by atoms with van der Waals surface area (Å²) < 4.78 is 0.632. The van der Waals surface area contributed by atoms with E-state index in [-0.39, 0.29) is 5.91 Å². The van der Waals surface area contributed by atoms with E-state index in [0.29, 0.717) is 26.6 Å². The molecule has 0 aliphatic heterocycles. The third kappa shape index (κ3) is 2.88. The van der Waals surface area contributed by atoms with E-state index in [1.54, 1.807) is 43.6 Å². The Hall–Kier alpha value is -1.59. The summed E-state index contributed by atoms with van der Waals surface area (Å²) in [5.41, 5.74) is 7.21. The maximum atomic E-state index is 12.4. The van der Waals surface area contributed by atoms with Crippen molar-refractivity contribution in [2.75, 3.05) is 17.7 Å². The largest absolute Gasteiger partial charge is 0.397 e. The van der Waals surface area contributed by atoms with Gasteiger partial charge in [-0.2, -0.15) is 0 Å². The molecule has 98 valence electrons. The second-order valence-electron chi connectivity index (χ2n) is 3.90. The van der Waals surface area contributed by atoms with Gasteiger partial charge >= 0.3 is 0 Å². The number of aromatic nitrogens is 1. The zero-order valence-corrected chi connectivity index (χ0v) is 12.4. The van der Waals surface area contributed by atoms with Crippen LogP contribution < -0.4 is 10.6 Å². The van der Waals surface area contributed by atoms with Crippen molar-refractivity contribution >= 4 is 44.8 Å². The number of halogens is 2. The first-order valence-corrected chi connectivity index (χ1v) is 6.61. The molecule has 2 aromatic rings. The minimum atomic E-state index is -0.263. The number of carbonyl (C=O) groups excluding carboxylic acids is 1. The Bertz CT molecular complexity index is 633. The Balaban J connectivity index is 2.39. The summed E-state index contributed by atoms with van der Waals surface area (Å²) in [5, 5.41) is 0.518. The van der Waals surface area contributed by atoms with E-state index in [1.165, 1.54) is 4.90 Å². The van der Waals surface area contributed by atoms with Crippen LogP contribution in [-0.2, 0) is 0 Å². The van der Waals surface area contributed by atoms with Crippen LogP contribution in [0.5, 0.6) is 0 Å². The third-order valence-corrected chi connectivity index (χ3v) is 3.49. The molecule has 0 aliphatic carbocycles. The number of pyridine rings is 1. The van der Waals surface area contributed by atoms with E-state index in [4.69, 9.17) is 17.3 Å². The van der Waals surface area contributed by atoms with Crippen LogP contribution >= 0.6 is 27.5 Å². The van der Waals surface area contributed by atoms with Crippen LogP contribution in [0.15, 0.2) is 41.0 Å². The highest BCUT2D eigenvalue weighted by Gasteiger charge is 2.19. The van der Waals surface area contributed by atoms with Crippen LogP contribution in [0.3, 0.4) is 0 Å². The minimum absolute atomic E-state index is 0.263. The van der Waals surface area contributed by atoms with Crippen molar-refractivity contribution in [1.82, 2.24) is 4.98 Å². The first kappa shape index (κ1) is 13.8. The van der Waals surface area contributed by atoms with E-state index < -0.39 is 0 Å². The van der Waals surface area contributed by atoms with Crippen LogP contribution in [0.4, 0.5) is 11.4 Å². The average molecular weight is 341 g/mol. The van der Waals surface area contributed by atoms with Gasteiger partial charge in [0.05, 0.1) is 11.4 Å². The van der Waals surface area contributed by atoms with Gasteiger partial charge in [-0.3, -0.25) is 4.79 Å². The highest BCUT2D eigenvalue weighted by Crippen LogP contribution is 2.27. The number of carbonyl (C=O) groups is 1. The lowest BCUT2D eigenvalue weighted by atomic mass is 10.2. The van der Waals surface area contributed by atoms with Crippen LogP contribution in [0, 0.1) is 0 Å². The molecule has 0 saturated carbocycles. The van der Waals surface area contributed by atoms with Gasteiger partial charge in [-0.1, -0.05) is 11.6 Å². The molecular formula is C13H11BrClN3O. The first-order valence-electron chi connectivity index (χ1n) is 5.44. The molecule has 2 N–H and O–H groups in total. The van der Waals surface area contributed by atoms with Crippen molar-refractivity contribution in [2.45, 2.75) is 0 Å². The van der Waals surface area contributed by atoms with Crippen molar-refractivity contribution in [3.05, 3.63) is 51.7 Å². The molecule has 1 heterocycles. The van der Waals surface area contributed by atoms with Crippen molar-refractivity contribution in [1.29, 1.82) is 0 Å². The molecule has 0 bridgehead atoms. The third-order valence-electron chi connectivity index (χ3n) is 2.62. The van der Waals surface area contributed by atoms with Crippen molar-refractivity contribution in [3.63, 3.8) is 0 Å². The molecule has 0 saturated heterocycles. The number of nitrogen functional groups attached to an aromatic ring is 1. The summed E-state index contributed by atoms with van der Waals surface area (Å²) >= 11 is 9.23. The van der Waals surface area contributed by atoms with Crippen LogP contribution in [0.2, 0.25) is 5.02 Å². The lowest BCUT2D eigenvalue weighted by Gasteiger charge is -2.19. The number of amides is 1. The van der Waals surface area contributed by atoms with Gasteiger partial charge in [-0.25, -0.2) is 4.98 Å². The van der Waals surface area contributed by atoms with Gasteiger partial charge in [0, 0.05) is 22.7 Å². The molecule has 0 unspecified atom stereocenters. The molecule has 1 aromatic carbocycles. The lowest BCUT2D eigenvalue weighted by Crippen LogP contribution is -2.28. The van der Waals surface area contributed by atoms with Crippen molar-refractivity contribution in [3.8, 4) is 0 Å². The Morgan fingerprint density at radius 2 is 2.16 bits per heavy atom. The minimum Gasteiger partial charge on any atom is -0.397 e. The smallest absolute Gasteiger partial charge is 0.277 e. The van der Waals surface area contributed by atoms with Crippen molar-refractivity contribution in [2.24, 2.45) is 0 Å². The monoisotopic (exact) mass is 339 g/mol. The highest BCUT2D eigenvalue weighted by atomic mass is 79.9. The van der Waals surface area contributed by atoms with Crippen LogP contribution in [-0.4, -0.2) is 17.9 Å². The SMILES string of the molecule is CN(C(=O)c1ncccc1Br)c1cc(Cl)ccc1N. The van der Waals surface area contributed by atoms with Gasteiger partial charge in [-0.05, 0) is 46.3 Å². The fourth-order valence-corrected chi connectivity index (χ4v) is 2.21. The second-order valence-corrected chi connectivity index (χ2v) is 5.19. The molecule has 0 spiro atoms. The van der Waals surface area contributed by atoms with Gasteiger partial charge in [0.2, 0.25) is 0 Å². The fourth-order valence-electron chi connectivity index (χ4n) is 1.62. The van der Waals surface area contributed by atoms with Gasteiger partial charge in [0.1, 0.15) is 5.69 Å². The molecule has 2 rings (SSSR count). The van der Waals surface area contributed by atoms with E-state index in [2.05, 4.69) is 20.9 Å². The molecule has 1 aromatic heterocycles. The number of nitrogens with zero attached hydrogens (tertiary/aromatic N) is 2. The van der Waals surface area contributed by atoms with E-state index in [0.717, 1.165) is 0 Å². The predicted octanol–water partition coefficient (Wildman–Crippen LogP) is 3.36. The number of benzene rings is 1. The second kappa shape index (κ2) is 5.59. The normalized spacial score (nSPS) is 10.3. The summed E-state index contributed by atoms with van der Waals surface area (Å²) in [4.78, 5) is 17.9. The predicted molar refractivity (Wildman–Crippen MR) is 80.5 cm³/mol. The summed E-state index contributed by atoms with van der Waals surface area (Å²) in [5.74, 6) is -0.263. The number of hydrogen-bond donors (Lipinski definition) is 1. The molecule has 0 atom stereocenters. The van der Waals surface area contributed by atoms with Crippen LogP contribution in [0.25, 0.3) is 0 Å². The quantitative estimate of drug-likeness (QED) is 0.853. The molecule has 0 fully saturated rings. The first-order chi connectivity index (χ1) is 9.00. The maximum Gasteiger partial charge on any atom is 0.277 e. The standard InChI is InChI=1S/C13H11BrClN3O/c1-18(11-7-8(15)4-5-10(11)16)13(19)12-9(14)3-2-6-17-12/h2-7H,16H2,1H3. The van der Waals surface area contributed by atoms with Crippen molar-refractivity contribution < 1.29 is 4.79 Å². The summed E-state index contributed by atoms with van der Waals surface area (Å²) in [7, 11) is 1.63. The molecule has 19 heavy (non-hydrogen) atoms. The molecule has 6 heteroatoms. The summed E-state index contributed by atoms with van der Waals surface area (Å²) in [6, 6.07) is 8.49. The molecular weight excluding hydrogens is 330 g/mol. The zero-order valence-electron chi connectivity index (χ0n) is 10.1. The Labute approximate surface area is 124 Å². The average Bonchev–Trinajstić information content (AvgIpc) is 2.40. The topological polar surface area (TPSA) is 59.2 Å². The number of anilines is 2. The maximum absolute atomic E-state index is 12.4. The number of hydrogen-bond acceptors (Lipinski definition) is 3. The lowest BCUT2D eigenvalue weighted by molar-refractivity contribution is 0.0987. The summed E-state index contributed by atoms with van der Waals surface area (Å²) in [6.07, 6.45) is 1.56. The Morgan fingerprint density at radius 1 is 1.42 bits per heavy atom. The van der Waals surface area contributed by atoms with Gasteiger partial charge in [0.25, 0.3) is 5.91 Å². The van der Waals surface area contributed by atoms with Gasteiger partial charge in [0.15, 0.2) is 0 Å². The fraction of sp³-hybridized carbons (Fsp3) is 0.0769. The number of nitrogens with two attached hydrogens (primary N) is 1. The van der Waals surface area contributed by atoms with Crippen LogP contribution in [0.1, 0.15) is 10.5 Å². The van der Waals surface area contributed by atoms with Gasteiger partial charge < -0.3 is 10.6 Å². The highest BCUT2D eigenvalue weighted by molar-refractivity contribution is 9.10. The van der Waals surface area contributed by atoms with Gasteiger partial charge in [-0.15, -0.1) is 0 Å². The summed E-state index contributed by atoms with van der Waals surface area (Å²) in [6.45, 7) is 0. The zero-order chi connectivity index (χ0) is 14.0.